The summed E-state index contributed by atoms with van der Waals surface area (Å²) >= 11 is 0. The van der Waals surface area contributed by atoms with Gasteiger partial charge in [-0.15, -0.1) is 0 Å². The molecule has 0 radical (unpaired) electrons. The molecule has 136 valence electrons. The number of ether oxygens (including phenoxy) is 1. The average molecular weight is 345 g/mol. The van der Waals surface area contributed by atoms with Crippen LogP contribution in [-0.4, -0.2) is 61.1 Å². The summed E-state index contributed by atoms with van der Waals surface area (Å²) in [5, 5.41) is 3.11. The molecule has 1 aliphatic carbocycles. The van der Waals surface area contributed by atoms with Gasteiger partial charge in [-0.05, 0) is 30.5 Å². The van der Waals surface area contributed by atoms with Crippen LogP contribution in [0.1, 0.15) is 31.2 Å². The van der Waals surface area contributed by atoms with Gasteiger partial charge in [-0.3, -0.25) is 4.79 Å². The highest BCUT2D eigenvalue weighted by atomic mass is 16.5. The summed E-state index contributed by atoms with van der Waals surface area (Å²) in [4.78, 5) is 28.4. The van der Waals surface area contributed by atoms with E-state index in [1.165, 1.54) is 12.8 Å². The molecular weight excluding hydrogens is 318 g/mol. The minimum absolute atomic E-state index is 0.0224. The van der Waals surface area contributed by atoms with Crippen LogP contribution in [0, 0.1) is 0 Å². The zero-order valence-electron chi connectivity index (χ0n) is 14.9. The van der Waals surface area contributed by atoms with E-state index < -0.39 is 0 Å². The smallest absolute Gasteiger partial charge is 0.317 e. The van der Waals surface area contributed by atoms with Gasteiger partial charge in [-0.2, -0.15) is 0 Å². The van der Waals surface area contributed by atoms with Gasteiger partial charge in [-0.25, -0.2) is 4.79 Å². The van der Waals surface area contributed by atoms with Gasteiger partial charge in [0, 0.05) is 32.2 Å². The van der Waals surface area contributed by atoms with Gasteiger partial charge in [0.2, 0.25) is 5.91 Å². The van der Waals surface area contributed by atoms with Crippen molar-refractivity contribution in [1.29, 1.82) is 0 Å². The molecule has 3 amide bonds. The maximum absolute atomic E-state index is 12.5. The Morgan fingerprint density at radius 1 is 1.04 bits per heavy atom. The lowest BCUT2D eigenvalue weighted by molar-refractivity contribution is -0.131. The molecule has 1 saturated heterocycles. The van der Waals surface area contributed by atoms with Crippen molar-refractivity contribution in [3.05, 3.63) is 29.8 Å². The van der Waals surface area contributed by atoms with Gasteiger partial charge in [0.05, 0.1) is 13.5 Å². The number of nitrogens with one attached hydrogen (secondary N) is 1. The zero-order chi connectivity index (χ0) is 17.6. The van der Waals surface area contributed by atoms with Crippen molar-refractivity contribution < 1.29 is 14.3 Å². The van der Waals surface area contributed by atoms with Crippen LogP contribution in [0.25, 0.3) is 0 Å². The van der Waals surface area contributed by atoms with Crippen molar-refractivity contribution in [3.8, 4) is 5.75 Å². The van der Waals surface area contributed by atoms with Gasteiger partial charge in [0.15, 0.2) is 0 Å². The number of benzene rings is 1. The van der Waals surface area contributed by atoms with Crippen molar-refractivity contribution in [2.24, 2.45) is 0 Å². The Labute approximate surface area is 149 Å². The van der Waals surface area contributed by atoms with E-state index in [1.54, 1.807) is 7.11 Å². The fraction of sp³-hybridized carbons (Fsp3) is 0.579. The van der Waals surface area contributed by atoms with E-state index in [1.807, 2.05) is 34.1 Å². The van der Waals surface area contributed by atoms with Crippen LogP contribution in [0.15, 0.2) is 24.3 Å². The Morgan fingerprint density at radius 2 is 1.64 bits per heavy atom. The van der Waals surface area contributed by atoms with Crippen LogP contribution >= 0.6 is 0 Å². The molecule has 0 spiro atoms. The molecule has 1 N–H and O–H groups in total. The van der Waals surface area contributed by atoms with E-state index >= 15 is 0 Å². The number of urea groups is 1. The van der Waals surface area contributed by atoms with E-state index in [4.69, 9.17) is 4.74 Å². The highest BCUT2D eigenvalue weighted by Gasteiger charge is 2.26. The molecule has 0 atom stereocenters. The molecule has 2 fully saturated rings. The molecule has 1 saturated carbocycles. The first-order valence-electron chi connectivity index (χ1n) is 9.12. The van der Waals surface area contributed by atoms with Crippen LogP contribution in [-0.2, 0) is 11.2 Å². The van der Waals surface area contributed by atoms with Gasteiger partial charge in [0.25, 0.3) is 0 Å². The van der Waals surface area contributed by atoms with Crippen LogP contribution in [0.4, 0.5) is 4.79 Å². The highest BCUT2D eigenvalue weighted by Crippen LogP contribution is 2.18. The number of nitrogens with zero attached hydrogens (tertiary/aromatic N) is 2. The number of hydrogen-bond acceptors (Lipinski definition) is 3. The second-order valence-corrected chi connectivity index (χ2v) is 6.82. The van der Waals surface area contributed by atoms with Crippen molar-refractivity contribution in [2.75, 3.05) is 33.3 Å². The Morgan fingerprint density at radius 3 is 2.24 bits per heavy atom. The predicted octanol–water partition coefficient (Wildman–Crippen LogP) is 2.03. The standard InChI is InChI=1S/C19H27N3O3/c1-25-17-8-6-15(7-9-17)14-18(23)21-10-12-22(13-11-21)19(24)20-16-4-2-3-5-16/h6-9,16H,2-5,10-14H2,1H3,(H,20,24). The Balaban J connectivity index is 1.44. The minimum atomic E-state index is 0.0224. The molecule has 2 aliphatic rings. The number of piperazine rings is 1. The Kier molecular flexibility index (Phi) is 5.79. The number of methoxy groups -OCH3 is 1. The number of amides is 3. The van der Waals surface area contributed by atoms with Gasteiger partial charge in [-0.1, -0.05) is 25.0 Å². The fourth-order valence-electron chi connectivity index (χ4n) is 3.52. The molecule has 1 aromatic rings. The first-order chi connectivity index (χ1) is 12.2. The predicted molar refractivity (Wildman–Crippen MR) is 95.6 cm³/mol. The monoisotopic (exact) mass is 345 g/mol. The van der Waals surface area contributed by atoms with Crippen LogP contribution in [0.2, 0.25) is 0 Å². The second-order valence-electron chi connectivity index (χ2n) is 6.82. The van der Waals surface area contributed by atoms with Crippen LogP contribution in [0.3, 0.4) is 0 Å². The third kappa shape index (κ3) is 4.65. The summed E-state index contributed by atoms with van der Waals surface area (Å²) in [6.45, 7) is 2.42. The molecule has 1 aromatic carbocycles. The zero-order valence-corrected chi connectivity index (χ0v) is 14.9. The lowest BCUT2D eigenvalue weighted by atomic mass is 10.1. The summed E-state index contributed by atoms with van der Waals surface area (Å²) in [5.74, 6) is 0.902. The molecule has 0 unspecified atom stereocenters. The van der Waals surface area contributed by atoms with Crippen LogP contribution in [0.5, 0.6) is 5.75 Å². The topological polar surface area (TPSA) is 61.9 Å². The number of carbonyl (C=O) groups excluding carboxylic acids is 2. The molecule has 6 heteroatoms. The van der Waals surface area contributed by atoms with Gasteiger partial charge < -0.3 is 19.9 Å². The third-order valence-corrected chi connectivity index (χ3v) is 5.12. The van der Waals surface area contributed by atoms with E-state index in [0.717, 1.165) is 24.2 Å². The molecule has 25 heavy (non-hydrogen) atoms. The summed E-state index contributed by atoms with van der Waals surface area (Å²) in [6, 6.07) is 7.93. The van der Waals surface area contributed by atoms with Crippen molar-refractivity contribution in [2.45, 2.75) is 38.1 Å². The van der Waals surface area contributed by atoms with Crippen molar-refractivity contribution in [3.63, 3.8) is 0 Å². The molecule has 1 aliphatic heterocycles. The maximum atomic E-state index is 12.5. The summed E-state index contributed by atoms with van der Waals surface area (Å²) in [7, 11) is 1.63. The van der Waals surface area contributed by atoms with Gasteiger partial charge >= 0.3 is 6.03 Å². The fourth-order valence-corrected chi connectivity index (χ4v) is 3.52. The summed E-state index contributed by atoms with van der Waals surface area (Å²) < 4.78 is 5.13. The molecule has 0 aromatic heterocycles. The quantitative estimate of drug-likeness (QED) is 0.908. The lowest BCUT2D eigenvalue weighted by Crippen LogP contribution is -2.54. The number of carbonyl (C=O) groups is 2. The van der Waals surface area contributed by atoms with Gasteiger partial charge in [0.1, 0.15) is 5.75 Å². The minimum Gasteiger partial charge on any atom is -0.497 e. The lowest BCUT2D eigenvalue weighted by Gasteiger charge is -2.35. The molecule has 0 bridgehead atoms. The van der Waals surface area contributed by atoms with Crippen LogP contribution < -0.4 is 10.1 Å². The molecule has 1 heterocycles. The SMILES string of the molecule is COc1ccc(CC(=O)N2CCN(C(=O)NC3CCCC3)CC2)cc1. The average Bonchev–Trinajstić information content (AvgIpc) is 3.15. The first-order valence-corrected chi connectivity index (χ1v) is 9.12. The second kappa shape index (κ2) is 8.23. The van der Waals surface area contributed by atoms with E-state index in [9.17, 15) is 9.59 Å². The van der Waals surface area contributed by atoms with E-state index in [-0.39, 0.29) is 11.9 Å². The number of rotatable bonds is 4. The molecular formula is C19H27N3O3. The first kappa shape index (κ1) is 17.6. The van der Waals surface area contributed by atoms with E-state index in [2.05, 4.69) is 5.32 Å². The Bertz CT molecular complexity index is 588. The normalized spacial score (nSPS) is 18.3. The van der Waals surface area contributed by atoms with Crippen molar-refractivity contribution in [1.82, 2.24) is 15.1 Å². The maximum Gasteiger partial charge on any atom is 0.317 e. The summed E-state index contributed by atoms with van der Waals surface area (Å²) in [5.41, 5.74) is 0.979. The molecule has 3 rings (SSSR count). The highest BCUT2D eigenvalue weighted by molar-refractivity contribution is 5.79. The number of hydrogen-bond donors (Lipinski definition) is 1. The largest absolute Gasteiger partial charge is 0.497 e. The third-order valence-electron chi connectivity index (χ3n) is 5.12. The van der Waals surface area contributed by atoms with E-state index in [0.29, 0.717) is 38.6 Å². The molecule has 6 nitrogen and oxygen atoms in total. The Hall–Kier alpha value is -2.24. The summed E-state index contributed by atoms with van der Waals surface area (Å²) in [6.07, 6.45) is 4.98. The van der Waals surface area contributed by atoms with Crippen molar-refractivity contribution >= 4 is 11.9 Å².